The summed E-state index contributed by atoms with van der Waals surface area (Å²) in [5, 5.41) is 11.6. The smallest absolute Gasteiger partial charge is 0.272 e. The molecule has 8 nitrogen and oxygen atoms in total. The van der Waals surface area contributed by atoms with Crippen molar-refractivity contribution >= 4 is 5.65 Å². The molecule has 4 heterocycles. The van der Waals surface area contributed by atoms with Gasteiger partial charge in [-0.3, -0.25) is 14.8 Å². The van der Waals surface area contributed by atoms with Crippen molar-refractivity contribution in [2.24, 2.45) is 0 Å². The molecule has 0 saturated heterocycles. The summed E-state index contributed by atoms with van der Waals surface area (Å²) < 4.78 is 3.60. The van der Waals surface area contributed by atoms with E-state index in [2.05, 4.69) is 29.7 Å². The highest BCUT2D eigenvalue weighted by Gasteiger charge is 2.22. The fourth-order valence-corrected chi connectivity index (χ4v) is 3.43. The van der Waals surface area contributed by atoms with Gasteiger partial charge in [0.1, 0.15) is 5.82 Å². The Balaban J connectivity index is 1.39. The number of aromatic amines is 1. The number of benzene rings is 1. The molecular weight excluding hydrogens is 330 g/mol. The van der Waals surface area contributed by atoms with Gasteiger partial charge in [-0.25, -0.2) is 9.50 Å². The number of aromatic nitrogens is 6. The van der Waals surface area contributed by atoms with Crippen molar-refractivity contribution in [3.05, 3.63) is 70.5 Å². The van der Waals surface area contributed by atoms with Crippen LogP contribution in [0.2, 0.25) is 0 Å². The Hall–Kier alpha value is -3.26. The largest absolute Gasteiger partial charge is 0.309 e. The molecule has 1 aliphatic heterocycles. The van der Waals surface area contributed by atoms with Gasteiger partial charge in [-0.1, -0.05) is 30.3 Å². The fourth-order valence-electron chi connectivity index (χ4n) is 3.43. The average molecular weight is 347 g/mol. The van der Waals surface area contributed by atoms with Crippen molar-refractivity contribution in [2.45, 2.75) is 19.6 Å². The zero-order valence-electron chi connectivity index (χ0n) is 14.0. The number of rotatable bonds is 3. The topological polar surface area (TPSA) is 84.1 Å². The van der Waals surface area contributed by atoms with Crippen LogP contribution in [0.5, 0.6) is 0 Å². The van der Waals surface area contributed by atoms with Crippen molar-refractivity contribution in [1.82, 2.24) is 34.3 Å². The monoisotopic (exact) mass is 347 g/mol. The molecule has 0 amide bonds. The van der Waals surface area contributed by atoms with Crippen LogP contribution in [0, 0.1) is 0 Å². The Morgan fingerprint density at radius 1 is 1.08 bits per heavy atom. The number of H-pyrrole nitrogens is 1. The van der Waals surface area contributed by atoms with Crippen LogP contribution in [-0.4, -0.2) is 40.8 Å². The molecule has 0 radical (unpaired) electrons. The number of hydrogen-bond acceptors (Lipinski definition) is 5. The van der Waals surface area contributed by atoms with E-state index < -0.39 is 0 Å². The number of fused-ring (bicyclic) bond motifs is 2. The van der Waals surface area contributed by atoms with Crippen LogP contribution in [0.15, 0.2) is 53.5 Å². The molecule has 0 unspecified atom stereocenters. The molecule has 0 aliphatic carbocycles. The fraction of sp³-hybridized carbons (Fsp3) is 0.222. The third-order valence-electron chi connectivity index (χ3n) is 4.68. The minimum Gasteiger partial charge on any atom is -0.309 e. The molecule has 8 heteroatoms. The van der Waals surface area contributed by atoms with Crippen molar-refractivity contribution in [3.63, 3.8) is 0 Å². The van der Waals surface area contributed by atoms with Crippen LogP contribution >= 0.6 is 0 Å². The lowest BCUT2D eigenvalue weighted by molar-refractivity contribution is 0.207. The van der Waals surface area contributed by atoms with E-state index in [9.17, 15) is 4.79 Å². The maximum Gasteiger partial charge on any atom is 0.272 e. The third kappa shape index (κ3) is 2.51. The Morgan fingerprint density at radius 2 is 1.96 bits per heavy atom. The lowest BCUT2D eigenvalue weighted by Crippen LogP contribution is -2.34. The Labute approximate surface area is 148 Å². The standard InChI is InChI=1S/C18H17N7O/c26-17-10-14(20-15-6-7-19-25(15)17)11-23-8-9-24-16(12-23)21-22-18(24)13-4-2-1-3-5-13/h1-7,10,19H,8-9,11-12H2. The highest BCUT2D eigenvalue weighted by Crippen LogP contribution is 2.22. The van der Waals surface area contributed by atoms with Gasteiger partial charge in [-0.15, -0.1) is 10.2 Å². The summed E-state index contributed by atoms with van der Waals surface area (Å²) in [7, 11) is 0. The summed E-state index contributed by atoms with van der Waals surface area (Å²) in [5.74, 6) is 1.85. The summed E-state index contributed by atoms with van der Waals surface area (Å²) >= 11 is 0. The van der Waals surface area contributed by atoms with E-state index in [0.29, 0.717) is 18.7 Å². The van der Waals surface area contributed by atoms with Crippen LogP contribution < -0.4 is 5.56 Å². The summed E-state index contributed by atoms with van der Waals surface area (Å²) in [6, 6.07) is 13.5. The summed E-state index contributed by atoms with van der Waals surface area (Å²) in [5.41, 5.74) is 2.39. The zero-order chi connectivity index (χ0) is 17.5. The maximum absolute atomic E-state index is 12.1. The predicted molar refractivity (Wildman–Crippen MR) is 95.4 cm³/mol. The summed E-state index contributed by atoms with van der Waals surface area (Å²) in [6.07, 6.45) is 1.71. The third-order valence-corrected chi connectivity index (χ3v) is 4.68. The number of nitrogens with one attached hydrogen (secondary N) is 1. The van der Waals surface area contributed by atoms with Crippen molar-refractivity contribution in [2.75, 3.05) is 6.54 Å². The molecule has 3 aromatic heterocycles. The molecule has 1 aliphatic rings. The van der Waals surface area contributed by atoms with E-state index >= 15 is 0 Å². The van der Waals surface area contributed by atoms with E-state index in [1.807, 2.05) is 30.3 Å². The lowest BCUT2D eigenvalue weighted by Gasteiger charge is -2.27. The molecule has 1 N–H and O–H groups in total. The molecule has 0 fully saturated rings. The second kappa shape index (κ2) is 5.92. The van der Waals surface area contributed by atoms with Crippen LogP contribution in [0.3, 0.4) is 0 Å². The molecule has 1 aromatic carbocycles. The molecule has 130 valence electrons. The Morgan fingerprint density at radius 3 is 2.85 bits per heavy atom. The van der Waals surface area contributed by atoms with Gasteiger partial charge in [0.15, 0.2) is 11.5 Å². The van der Waals surface area contributed by atoms with E-state index in [-0.39, 0.29) is 5.56 Å². The van der Waals surface area contributed by atoms with Crippen LogP contribution in [0.4, 0.5) is 0 Å². The Kier molecular flexibility index (Phi) is 3.42. The average Bonchev–Trinajstić information content (AvgIpc) is 3.29. The predicted octanol–water partition coefficient (Wildman–Crippen LogP) is 1.30. The van der Waals surface area contributed by atoms with E-state index in [0.717, 1.165) is 36.0 Å². The second-order valence-corrected chi connectivity index (χ2v) is 6.41. The highest BCUT2D eigenvalue weighted by molar-refractivity contribution is 5.55. The lowest BCUT2D eigenvalue weighted by atomic mass is 10.2. The number of hydrogen-bond donors (Lipinski definition) is 1. The van der Waals surface area contributed by atoms with Gasteiger partial charge in [0.25, 0.3) is 5.56 Å². The first kappa shape index (κ1) is 15.0. The van der Waals surface area contributed by atoms with E-state index in [4.69, 9.17) is 0 Å². The van der Waals surface area contributed by atoms with Gasteiger partial charge in [-0.05, 0) is 0 Å². The molecular formula is C18H17N7O. The second-order valence-electron chi connectivity index (χ2n) is 6.41. The highest BCUT2D eigenvalue weighted by atomic mass is 16.1. The van der Waals surface area contributed by atoms with Gasteiger partial charge < -0.3 is 4.57 Å². The molecule has 0 saturated carbocycles. The first-order chi connectivity index (χ1) is 12.8. The molecule has 5 rings (SSSR count). The quantitative estimate of drug-likeness (QED) is 0.604. The van der Waals surface area contributed by atoms with Gasteiger partial charge in [0.2, 0.25) is 0 Å². The van der Waals surface area contributed by atoms with Crippen molar-refractivity contribution < 1.29 is 0 Å². The number of nitrogens with zero attached hydrogens (tertiary/aromatic N) is 6. The van der Waals surface area contributed by atoms with Crippen molar-refractivity contribution in [1.29, 1.82) is 0 Å². The molecule has 4 aromatic rings. The summed E-state index contributed by atoms with van der Waals surface area (Å²) in [6.45, 7) is 2.98. The van der Waals surface area contributed by atoms with Gasteiger partial charge in [0.05, 0.1) is 12.2 Å². The minimum atomic E-state index is -0.0958. The van der Waals surface area contributed by atoms with Crippen LogP contribution in [-0.2, 0) is 19.6 Å². The summed E-state index contributed by atoms with van der Waals surface area (Å²) in [4.78, 5) is 18.9. The normalized spacial score (nSPS) is 14.6. The first-order valence-corrected chi connectivity index (χ1v) is 8.54. The van der Waals surface area contributed by atoms with Gasteiger partial charge in [-0.2, -0.15) is 0 Å². The van der Waals surface area contributed by atoms with Gasteiger partial charge in [0, 0.05) is 43.5 Å². The zero-order valence-corrected chi connectivity index (χ0v) is 14.0. The SMILES string of the molecule is O=c1cc(CN2CCn3c(nnc3-c3ccccc3)C2)nc2cc[nH]n12. The minimum absolute atomic E-state index is 0.0958. The first-order valence-electron chi connectivity index (χ1n) is 8.54. The van der Waals surface area contributed by atoms with E-state index in [1.54, 1.807) is 18.3 Å². The van der Waals surface area contributed by atoms with Crippen LogP contribution in [0.1, 0.15) is 11.5 Å². The van der Waals surface area contributed by atoms with Crippen LogP contribution in [0.25, 0.3) is 17.0 Å². The molecule has 26 heavy (non-hydrogen) atoms. The maximum atomic E-state index is 12.1. The van der Waals surface area contributed by atoms with Gasteiger partial charge >= 0.3 is 0 Å². The van der Waals surface area contributed by atoms with Crippen molar-refractivity contribution in [3.8, 4) is 11.4 Å². The molecule has 0 bridgehead atoms. The molecule has 0 spiro atoms. The Bertz CT molecular complexity index is 1130. The molecule has 0 atom stereocenters. The van der Waals surface area contributed by atoms with E-state index in [1.165, 1.54) is 4.52 Å².